The molecule has 0 radical (unpaired) electrons. The highest BCUT2D eigenvalue weighted by Crippen LogP contribution is 2.29. The monoisotopic (exact) mass is 353 g/mol. The third-order valence-electron chi connectivity index (χ3n) is 3.12. The molecule has 5 heteroatoms. The van der Waals surface area contributed by atoms with Crippen LogP contribution >= 0.6 is 27.5 Å². The van der Waals surface area contributed by atoms with Crippen molar-refractivity contribution in [2.75, 3.05) is 0 Å². The maximum absolute atomic E-state index is 10.6. The van der Waals surface area contributed by atoms with Crippen LogP contribution in [0, 0.1) is 17.0 Å². The van der Waals surface area contributed by atoms with Crippen LogP contribution in [-0.2, 0) is 6.42 Å². The van der Waals surface area contributed by atoms with E-state index in [9.17, 15) is 10.1 Å². The number of aryl methyl sites for hydroxylation is 1. The Balaban J connectivity index is 2.12. The fraction of sp³-hybridized carbons (Fsp3) is 0.200. The summed E-state index contributed by atoms with van der Waals surface area (Å²) in [6, 6.07) is 12.5. The van der Waals surface area contributed by atoms with Gasteiger partial charge in [0, 0.05) is 16.6 Å². The zero-order valence-electron chi connectivity index (χ0n) is 10.8. The minimum absolute atomic E-state index is 0.0953. The quantitative estimate of drug-likeness (QED) is 0.431. The molecule has 0 amide bonds. The van der Waals surface area contributed by atoms with Crippen molar-refractivity contribution in [1.29, 1.82) is 0 Å². The van der Waals surface area contributed by atoms with Crippen LogP contribution in [0.15, 0.2) is 46.9 Å². The molecule has 1 atom stereocenters. The Kier molecular flexibility index (Phi) is 4.78. The topological polar surface area (TPSA) is 43.1 Å². The number of rotatable bonds is 4. The van der Waals surface area contributed by atoms with Crippen LogP contribution in [0.2, 0.25) is 0 Å². The molecule has 0 N–H and O–H groups in total. The zero-order valence-corrected chi connectivity index (χ0v) is 13.2. The highest BCUT2D eigenvalue weighted by atomic mass is 79.9. The van der Waals surface area contributed by atoms with Crippen molar-refractivity contribution >= 4 is 33.2 Å². The first-order chi connectivity index (χ1) is 9.47. The Labute approximate surface area is 130 Å². The van der Waals surface area contributed by atoms with Gasteiger partial charge in [0.05, 0.1) is 10.3 Å². The van der Waals surface area contributed by atoms with Crippen LogP contribution in [0.25, 0.3) is 0 Å². The number of non-ortho nitro benzene ring substituents is 1. The predicted molar refractivity (Wildman–Crippen MR) is 84.3 cm³/mol. The van der Waals surface area contributed by atoms with Crippen molar-refractivity contribution in [3.05, 3.63) is 73.7 Å². The molecule has 0 saturated carbocycles. The second-order valence-electron chi connectivity index (χ2n) is 4.60. The van der Waals surface area contributed by atoms with Crippen molar-refractivity contribution in [2.24, 2.45) is 0 Å². The van der Waals surface area contributed by atoms with Crippen molar-refractivity contribution in [1.82, 2.24) is 0 Å². The molecule has 0 aromatic heterocycles. The zero-order chi connectivity index (χ0) is 14.7. The van der Waals surface area contributed by atoms with Crippen LogP contribution < -0.4 is 0 Å². The van der Waals surface area contributed by atoms with Gasteiger partial charge in [0.1, 0.15) is 0 Å². The summed E-state index contributed by atoms with van der Waals surface area (Å²) in [5.41, 5.74) is 3.26. The van der Waals surface area contributed by atoms with E-state index in [0.717, 1.165) is 21.2 Å². The van der Waals surface area contributed by atoms with Crippen molar-refractivity contribution in [3.63, 3.8) is 0 Å². The Morgan fingerprint density at radius 2 is 1.90 bits per heavy atom. The molecule has 20 heavy (non-hydrogen) atoms. The normalized spacial score (nSPS) is 12.2. The minimum Gasteiger partial charge on any atom is -0.258 e. The molecule has 2 aromatic carbocycles. The number of nitro benzene ring substituents is 1. The Hall–Kier alpha value is -1.39. The summed E-state index contributed by atoms with van der Waals surface area (Å²) in [5.74, 6) is 0. The molecule has 0 saturated heterocycles. The van der Waals surface area contributed by atoms with E-state index in [2.05, 4.69) is 15.9 Å². The number of benzene rings is 2. The Bertz CT molecular complexity index is 628. The molecule has 1 unspecified atom stereocenters. The van der Waals surface area contributed by atoms with Crippen LogP contribution in [0.4, 0.5) is 5.69 Å². The molecular weight excluding hydrogens is 342 g/mol. The first-order valence-electron chi connectivity index (χ1n) is 6.11. The number of nitro groups is 1. The van der Waals surface area contributed by atoms with E-state index < -0.39 is 4.92 Å². The summed E-state index contributed by atoms with van der Waals surface area (Å²) >= 11 is 9.90. The lowest BCUT2D eigenvalue weighted by Gasteiger charge is -2.11. The molecule has 104 valence electrons. The second-order valence-corrected chi connectivity index (χ2v) is 5.99. The number of halogens is 2. The maximum Gasteiger partial charge on any atom is 0.269 e. The lowest BCUT2D eigenvalue weighted by atomic mass is 10.0. The lowest BCUT2D eigenvalue weighted by molar-refractivity contribution is -0.384. The molecule has 2 aromatic rings. The van der Waals surface area contributed by atoms with Crippen LogP contribution in [-0.4, -0.2) is 4.92 Å². The van der Waals surface area contributed by atoms with E-state index >= 15 is 0 Å². The van der Waals surface area contributed by atoms with E-state index in [-0.39, 0.29) is 11.1 Å². The molecule has 2 rings (SSSR count). The predicted octanol–water partition coefficient (Wildman–Crippen LogP) is 5.19. The minimum atomic E-state index is -0.404. The van der Waals surface area contributed by atoms with Gasteiger partial charge >= 0.3 is 0 Å². The number of hydrogen-bond acceptors (Lipinski definition) is 2. The Morgan fingerprint density at radius 1 is 1.25 bits per heavy atom. The van der Waals surface area contributed by atoms with E-state index in [1.165, 1.54) is 12.1 Å². The second kappa shape index (κ2) is 6.37. The average molecular weight is 355 g/mol. The molecule has 0 aliphatic heterocycles. The number of hydrogen-bond donors (Lipinski definition) is 0. The summed E-state index contributed by atoms with van der Waals surface area (Å²) in [7, 11) is 0. The maximum atomic E-state index is 10.6. The van der Waals surface area contributed by atoms with E-state index in [4.69, 9.17) is 11.6 Å². The van der Waals surface area contributed by atoms with Gasteiger partial charge < -0.3 is 0 Å². The van der Waals surface area contributed by atoms with Gasteiger partial charge in [-0.3, -0.25) is 10.1 Å². The van der Waals surface area contributed by atoms with E-state index in [1.807, 2.05) is 25.1 Å². The van der Waals surface area contributed by atoms with Gasteiger partial charge in [0.15, 0.2) is 0 Å². The van der Waals surface area contributed by atoms with E-state index in [0.29, 0.717) is 6.42 Å². The lowest BCUT2D eigenvalue weighted by Crippen LogP contribution is -1.97. The average Bonchev–Trinajstić information content (AvgIpc) is 2.42. The smallest absolute Gasteiger partial charge is 0.258 e. The summed E-state index contributed by atoms with van der Waals surface area (Å²) in [6.45, 7) is 2.02. The highest BCUT2D eigenvalue weighted by molar-refractivity contribution is 9.10. The molecule has 0 heterocycles. The van der Waals surface area contributed by atoms with Crippen molar-refractivity contribution in [3.8, 4) is 0 Å². The van der Waals surface area contributed by atoms with Crippen LogP contribution in [0.1, 0.15) is 22.1 Å². The molecule has 3 nitrogen and oxygen atoms in total. The van der Waals surface area contributed by atoms with E-state index in [1.54, 1.807) is 12.1 Å². The molecule has 0 spiro atoms. The summed E-state index contributed by atoms with van der Waals surface area (Å²) in [6.07, 6.45) is 0.634. The van der Waals surface area contributed by atoms with Gasteiger partial charge in [-0.05, 0) is 36.1 Å². The SMILES string of the molecule is Cc1ccc(C(Cl)Cc2ccc([N+](=O)[O-])cc2)cc1Br. The van der Waals surface area contributed by atoms with Gasteiger partial charge in [-0.2, -0.15) is 0 Å². The van der Waals surface area contributed by atoms with Crippen LogP contribution in [0.5, 0.6) is 0 Å². The molecule has 0 aliphatic carbocycles. The van der Waals surface area contributed by atoms with Gasteiger partial charge in [-0.15, -0.1) is 11.6 Å². The third-order valence-corrected chi connectivity index (χ3v) is 4.38. The molecule has 0 bridgehead atoms. The van der Waals surface area contributed by atoms with Gasteiger partial charge in [-0.25, -0.2) is 0 Å². The Morgan fingerprint density at radius 3 is 2.45 bits per heavy atom. The fourth-order valence-electron chi connectivity index (χ4n) is 1.88. The van der Waals surface area contributed by atoms with Gasteiger partial charge in [0.2, 0.25) is 0 Å². The number of alkyl halides is 1. The van der Waals surface area contributed by atoms with Crippen molar-refractivity contribution in [2.45, 2.75) is 18.7 Å². The van der Waals surface area contributed by atoms with Gasteiger partial charge in [-0.1, -0.05) is 40.2 Å². The standard InChI is InChI=1S/C15H13BrClNO2/c1-10-2-5-12(9-14(10)16)15(17)8-11-3-6-13(7-4-11)18(19)20/h2-7,9,15H,8H2,1H3. The largest absolute Gasteiger partial charge is 0.269 e. The molecule has 0 aliphatic rings. The third kappa shape index (κ3) is 3.58. The first-order valence-corrected chi connectivity index (χ1v) is 7.34. The summed E-state index contributed by atoms with van der Waals surface area (Å²) in [5, 5.41) is 10.4. The van der Waals surface area contributed by atoms with Crippen LogP contribution in [0.3, 0.4) is 0 Å². The summed E-state index contributed by atoms with van der Waals surface area (Å²) in [4.78, 5) is 10.2. The first kappa shape index (κ1) is 15.0. The summed E-state index contributed by atoms with van der Waals surface area (Å²) < 4.78 is 1.03. The number of nitrogens with zero attached hydrogens (tertiary/aromatic N) is 1. The molecule has 0 fully saturated rings. The van der Waals surface area contributed by atoms with Gasteiger partial charge in [0.25, 0.3) is 5.69 Å². The molecular formula is C15H13BrClNO2. The van der Waals surface area contributed by atoms with Crippen molar-refractivity contribution < 1.29 is 4.92 Å². The fourth-order valence-corrected chi connectivity index (χ4v) is 2.59. The highest BCUT2D eigenvalue weighted by Gasteiger charge is 2.11.